The molecule has 0 aliphatic carbocycles. The minimum Gasteiger partial charge on any atom is -0.396 e. The molecule has 3 nitrogen and oxygen atoms in total. The summed E-state index contributed by atoms with van der Waals surface area (Å²) in [6, 6.07) is 4.27. The van der Waals surface area contributed by atoms with Gasteiger partial charge < -0.3 is 15.9 Å². The van der Waals surface area contributed by atoms with E-state index < -0.39 is 12.1 Å². The average molecular weight is 250 g/mol. The Bertz CT molecular complexity index is 333. The van der Waals surface area contributed by atoms with Gasteiger partial charge in [-0.05, 0) is 24.6 Å². The molecule has 4 N–H and O–H groups in total. The van der Waals surface area contributed by atoms with Gasteiger partial charge >= 0.3 is 0 Å². The molecular formula is C10H13Cl2NO2. The van der Waals surface area contributed by atoms with Gasteiger partial charge in [0.2, 0.25) is 0 Å². The third-order valence-electron chi connectivity index (χ3n) is 2.14. The first-order chi connectivity index (χ1) is 7.06. The van der Waals surface area contributed by atoms with Crippen LogP contribution >= 0.6 is 23.2 Å². The lowest BCUT2D eigenvalue weighted by molar-refractivity contribution is 0.129. The van der Waals surface area contributed by atoms with Crippen LogP contribution in [0, 0.1) is 0 Å². The van der Waals surface area contributed by atoms with Crippen LogP contribution in [-0.4, -0.2) is 22.9 Å². The molecule has 0 fully saturated rings. The summed E-state index contributed by atoms with van der Waals surface area (Å²) >= 11 is 11.7. The van der Waals surface area contributed by atoms with Crippen molar-refractivity contribution in [2.75, 3.05) is 6.61 Å². The van der Waals surface area contributed by atoms with Crippen LogP contribution in [-0.2, 0) is 0 Å². The van der Waals surface area contributed by atoms with E-state index in [0.29, 0.717) is 22.0 Å². The standard InChI is InChI=1S/C10H13Cl2NO2/c11-6-1-2-8(12)7(5-6)10(15)9(13)3-4-14/h1-2,5,9-10,14-15H,3-4,13H2. The fraction of sp³-hybridized carbons (Fsp3) is 0.400. The van der Waals surface area contributed by atoms with Crippen LogP contribution in [0.15, 0.2) is 18.2 Å². The zero-order chi connectivity index (χ0) is 11.4. The van der Waals surface area contributed by atoms with Gasteiger partial charge in [-0.2, -0.15) is 0 Å². The lowest BCUT2D eigenvalue weighted by Gasteiger charge is -2.19. The highest BCUT2D eigenvalue weighted by atomic mass is 35.5. The van der Waals surface area contributed by atoms with Crippen molar-refractivity contribution in [3.63, 3.8) is 0 Å². The number of aliphatic hydroxyl groups excluding tert-OH is 2. The highest BCUT2D eigenvalue weighted by Crippen LogP contribution is 2.28. The second-order valence-corrected chi connectivity index (χ2v) is 4.13. The van der Waals surface area contributed by atoms with E-state index in [-0.39, 0.29) is 6.61 Å². The quantitative estimate of drug-likeness (QED) is 0.762. The molecule has 0 aliphatic heterocycles. The maximum atomic E-state index is 9.85. The second kappa shape index (κ2) is 5.68. The van der Waals surface area contributed by atoms with E-state index in [1.165, 1.54) is 0 Å². The molecule has 0 saturated heterocycles. The summed E-state index contributed by atoms with van der Waals surface area (Å²) in [4.78, 5) is 0. The van der Waals surface area contributed by atoms with Gasteiger partial charge in [0.1, 0.15) is 0 Å². The number of halogens is 2. The van der Waals surface area contributed by atoms with Crippen molar-refractivity contribution in [1.29, 1.82) is 0 Å². The van der Waals surface area contributed by atoms with Crippen LogP contribution in [0.1, 0.15) is 18.1 Å². The normalized spacial score (nSPS) is 15.0. The molecule has 1 aromatic carbocycles. The second-order valence-electron chi connectivity index (χ2n) is 3.29. The smallest absolute Gasteiger partial charge is 0.0956 e. The van der Waals surface area contributed by atoms with E-state index in [1.807, 2.05) is 0 Å². The van der Waals surface area contributed by atoms with Crippen molar-refractivity contribution >= 4 is 23.2 Å². The molecule has 2 atom stereocenters. The van der Waals surface area contributed by atoms with Crippen molar-refractivity contribution < 1.29 is 10.2 Å². The molecule has 0 spiro atoms. The fourth-order valence-electron chi connectivity index (χ4n) is 1.28. The molecule has 84 valence electrons. The monoisotopic (exact) mass is 249 g/mol. The minimum atomic E-state index is -0.914. The zero-order valence-electron chi connectivity index (χ0n) is 8.03. The van der Waals surface area contributed by atoms with Crippen LogP contribution in [0.5, 0.6) is 0 Å². The van der Waals surface area contributed by atoms with E-state index in [1.54, 1.807) is 18.2 Å². The first-order valence-corrected chi connectivity index (χ1v) is 5.31. The Morgan fingerprint density at radius 3 is 2.60 bits per heavy atom. The average Bonchev–Trinajstić information content (AvgIpc) is 2.21. The largest absolute Gasteiger partial charge is 0.396 e. The van der Waals surface area contributed by atoms with E-state index >= 15 is 0 Å². The molecule has 0 heterocycles. The predicted octanol–water partition coefficient (Wildman–Crippen LogP) is 1.74. The van der Waals surface area contributed by atoms with Crippen molar-refractivity contribution in [3.8, 4) is 0 Å². The number of hydrogen-bond donors (Lipinski definition) is 3. The maximum Gasteiger partial charge on any atom is 0.0956 e. The Labute approximate surface area is 98.4 Å². The summed E-state index contributed by atoms with van der Waals surface area (Å²) in [5, 5.41) is 19.5. The summed E-state index contributed by atoms with van der Waals surface area (Å²) in [5.41, 5.74) is 6.16. The molecule has 0 radical (unpaired) electrons. The van der Waals surface area contributed by atoms with E-state index in [0.717, 1.165) is 0 Å². The number of rotatable bonds is 4. The molecule has 5 heteroatoms. The number of aliphatic hydroxyl groups is 2. The number of nitrogens with two attached hydrogens (primary N) is 1. The lowest BCUT2D eigenvalue weighted by atomic mass is 10.0. The van der Waals surface area contributed by atoms with Gasteiger partial charge in [0.25, 0.3) is 0 Å². The first kappa shape index (κ1) is 12.7. The van der Waals surface area contributed by atoms with Crippen molar-refractivity contribution in [2.45, 2.75) is 18.6 Å². The molecule has 0 amide bonds. The van der Waals surface area contributed by atoms with Gasteiger partial charge in [-0.25, -0.2) is 0 Å². The van der Waals surface area contributed by atoms with Crippen LogP contribution < -0.4 is 5.73 Å². The predicted molar refractivity (Wildman–Crippen MR) is 61.1 cm³/mol. The van der Waals surface area contributed by atoms with E-state index in [9.17, 15) is 5.11 Å². The molecule has 0 aromatic heterocycles. The summed E-state index contributed by atoms with van der Waals surface area (Å²) in [6.45, 7) is -0.0730. The number of benzene rings is 1. The molecule has 1 rings (SSSR count). The molecule has 0 bridgehead atoms. The van der Waals surface area contributed by atoms with Crippen LogP contribution in [0.25, 0.3) is 0 Å². The van der Waals surface area contributed by atoms with Crippen molar-refractivity contribution in [1.82, 2.24) is 0 Å². The van der Waals surface area contributed by atoms with Gasteiger partial charge in [-0.1, -0.05) is 23.2 Å². The lowest BCUT2D eigenvalue weighted by Crippen LogP contribution is -2.29. The highest BCUT2D eigenvalue weighted by Gasteiger charge is 2.19. The zero-order valence-corrected chi connectivity index (χ0v) is 9.54. The van der Waals surface area contributed by atoms with Crippen molar-refractivity contribution in [3.05, 3.63) is 33.8 Å². The molecule has 1 aromatic rings. The molecule has 2 unspecified atom stereocenters. The molecular weight excluding hydrogens is 237 g/mol. The van der Waals surface area contributed by atoms with Gasteiger partial charge in [-0.3, -0.25) is 0 Å². The van der Waals surface area contributed by atoms with Gasteiger partial charge in [-0.15, -0.1) is 0 Å². The van der Waals surface area contributed by atoms with E-state index in [2.05, 4.69) is 0 Å². The summed E-state index contributed by atoms with van der Waals surface area (Å²) in [5.74, 6) is 0. The summed E-state index contributed by atoms with van der Waals surface area (Å²) < 4.78 is 0. The van der Waals surface area contributed by atoms with E-state index in [4.69, 9.17) is 34.0 Å². The van der Waals surface area contributed by atoms with Gasteiger partial charge in [0.05, 0.1) is 6.10 Å². The minimum absolute atomic E-state index is 0.0730. The molecule has 0 aliphatic rings. The summed E-state index contributed by atoms with van der Waals surface area (Å²) in [7, 11) is 0. The molecule has 0 saturated carbocycles. The fourth-order valence-corrected chi connectivity index (χ4v) is 1.69. The Morgan fingerprint density at radius 1 is 1.33 bits per heavy atom. The van der Waals surface area contributed by atoms with Crippen molar-refractivity contribution in [2.24, 2.45) is 5.73 Å². The van der Waals surface area contributed by atoms with Crippen LogP contribution in [0.3, 0.4) is 0 Å². The third-order valence-corrected chi connectivity index (χ3v) is 2.72. The SMILES string of the molecule is NC(CCO)C(O)c1cc(Cl)ccc1Cl. The number of hydrogen-bond acceptors (Lipinski definition) is 3. The highest BCUT2D eigenvalue weighted by molar-refractivity contribution is 6.33. The Morgan fingerprint density at radius 2 is 2.00 bits per heavy atom. The Hall–Kier alpha value is -0.320. The maximum absolute atomic E-state index is 9.85. The summed E-state index contributed by atoms with van der Waals surface area (Å²) in [6.07, 6.45) is -0.604. The third kappa shape index (κ3) is 3.33. The first-order valence-electron chi connectivity index (χ1n) is 4.55. The topological polar surface area (TPSA) is 66.5 Å². The Balaban J connectivity index is 2.89. The van der Waals surface area contributed by atoms with Gasteiger partial charge in [0, 0.05) is 28.3 Å². The van der Waals surface area contributed by atoms with Crippen LogP contribution in [0.4, 0.5) is 0 Å². The van der Waals surface area contributed by atoms with Crippen LogP contribution in [0.2, 0.25) is 10.0 Å². The Kier molecular flexibility index (Phi) is 4.83. The van der Waals surface area contributed by atoms with Gasteiger partial charge in [0.15, 0.2) is 0 Å². The molecule has 15 heavy (non-hydrogen) atoms.